The molecule has 0 aliphatic carbocycles. The fraction of sp³-hybridized carbons (Fsp3) is 0.462. The van der Waals surface area contributed by atoms with Gasteiger partial charge < -0.3 is 30.5 Å². The summed E-state index contributed by atoms with van der Waals surface area (Å²) < 4.78 is 45.5. The van der Waals surface area contributed by atoms with E-state index in [9.17, 15) is 27.6 Å². The van der Waals surface area contributed by atoms with Crippen molar-refractivity contribution >= 4 is 23.7 Å². The van der Waals surface area contributed by atoms with Gasteiger partial charge in [-0.3, -0.25) is 9.78 Å². The Hall–Kier alpha value is -4.03. The molecule has 0 saturated carbocycles. The molecule has 1 aliphatic heterocycles. The summed E-state index contributed by atoms with van der Waals surface area (Å²) in [6.07, 6.45) is -3.56. The van der Waals surface area contributed by atoms with E-state index < -0.39 is 30.3 Å². The lowest BCUT2D eigenvalue weighted by Gasteiger charge is -2.31. The zero-order chi connectivity index (χ0) is 28.6. The Balaban J connectivity index is 1.72. The number of fused-ring (bicyclic) bond motifs is 1. The maximum absolute atomic E-state index is 13.5. The van der Waals surface area contributed by atoms with Crippen LogP contribution in [0.3, 0.4) is 0 Å². The Morgan fingerprint density at radius 1 is 1.18 bits per heavy atom. The first-order valence-electron chi connectivity index (χ1n) is 12.5. The van der Waals surface area contributed by atoms with Crippen molar-refractivity contribution in [1.29, 1.82) is 0 Å². The van der Waals surface area contributed by atoms with Gasteiger partial charge in [-0.25, -0.2) is 9.59 Å². The highest BCUT2D eigenvalue weighted by Gasteiger charge is 2.34. The molecule has 3 N–H and O–H groups in total. The van der Waals surface area contributed by atoms with Gasteiger partial charge in [0.2, 0.25) is 5.91 Å². The number of urea groups is 1. The molecule has 4 amide bonds. The highest BCUT2D eigenvalue weighted by atomic mass is 19.4. The van der Waals surface area contributed by atoms with Crippen molar-refractivity contribution < 1.29 is 32.3 Å². The molecule has 0 fully saturated rings. The summed E-state index contributed by atoms with van der Waals surface area (Å²) in [6, 6.07) is 7.50. The number of alkyl halides is 3. The van der Waals surface area contributed by atoms with Crippen LogP contribution < -0.4 is 16.0 Å². The third-order valence-electron chi connectivity index (χ3n) is 6.08. The highest BCUT2D eigenvalue weighted by Crippen LogP contribution is 2.31. The van der Waals surface area contributed by atoms with Crippen LogP contribution in [0.1, 0.15) is 36.2 Å². The van der Waals surface area contributed by atoms with Crippen LogP contribution in [0.2, 0.25) is 0 Å². The number of anilines is 1. The number of alkyl carbamates (subject to hydrolysis) is 1. The Kier molecular flexibility index (Phi) is 9.96. The number of carbonyl (C=O) groups excluding carboxylic acids is 3. The average Bonchev–Trinajstić information content (AvgIpc) is 2.89. The van der Waals surface area contributed by atoms with Gasteiger partial charge in [0.05, 0.1) is 30.9 Å². The van der Waals surface area contributed by atoms with E-state index in [0.717, 1.165) is 17.2 Å². The predicted octanol–water partition coefficient (Wildman–Crippen LogP) is 3.37. The van der Waals surface area contributed by atoms with E-state index in [4.69, 9.17) is 4.74 Å². The molecule has 0 atom stereocenters. The monoisotopic (exact) mass is 550 g/mol. The second kappa shape index (κ2) is 13.2. The van der Waals surface area contributed by atoms with Gasteiger partial charge in [0.15, 0.2) is 0 Å². The Morgan fingerprint density at radius 3 is 2.64 bits per heavy atom. The van der Waals surface area contributed by atoms with Gasteiger partial charge in [0.25, 0.3) is 0 Å². The molecule has 2 heterocycles. The van der Waals surface area contributed by atoms with E-state index in [1.165, 1.54) is 24.2 Å². The summed E-state index contributed by atoms with van der Waals surface area (Å²) in [5, 5.41) is 8.25. The number of aromatic nitrogens is 1. The number of ether oxygens (including phenoxy) is 1. The molecule has 1 aliphatic rings. The first-order chi connectivity index (χ1) is 18.5. The average molecular weight is 551 g/mol. The van der Waals surface area contributed by atoms with E-state index in [0.29, 0.717) is 25.2 Å². The molecule has 3 rings (SSSR count). The van der Waals surface area contributed by atoms with Crippen molar-refractivity contribution in [2.24, 2.45) is 0 Å². The Morgan fingerprint density at radius 2 is 1.95 bits per heavy atom. The zero-order valence-electron chi connectivity index (χ0n) is 22.1. The standard InChI is InChI=1S/C26H33F3N6O4/c1-17(2)33-24(37)35-11-9-19-18(15-35)6-4-8-21(19)32-14-23(36)34(12-13-39-25(38)30-3)16-22-20(26(27,28)29)7-5-10-31-22/h4-8,10,17,32H,9,11-16H2,1-3H3,(H,30,38)(H,33,37). The molecule has 10 nitrogen and oxygen atoms in total. The van der Waals surface area contributed by atoms with E-state index in [1.807, 2.05) is 32.0 Å². The fourth-order valence-corrected chi connectivity index (χ4v) is 4.18. The minimum Gasteiger partial charge on any atom is -0.448 e. The fourth-order valence-electron chi connectivity index (χ4n) is 4.18. The number of carbonyl (C=O) groups is 3. The lowest BCUT2D eigenvalue weighted by atomic mass is 9.98. The first kappa shape index (κ1) is 29.5. The number of halogens is 3. The number of pyridine rings is 1. The molecule has 0 spiro atoms. The molecule has 39 heavy (non-hydrogen) atoms. The lowest BCUT2D eigenvalue weighted by molar-refractivity contribution is -0.140. The normalized spacial score (nSPS) is 12.9. The number of nitrogens with zero attached hydrogens (tertiary/aromatic N) is 3. The van der Waals surface area contributed by atoms with Gasteiger partial charge in [-0.2, -0.15) is 13.2 Å². The van der Waals surface area contributed by atoms with Crippen molar-refractivity contribution in [1.82, 2.24) is 25.4 Å². The summed E-state index contributed by atoms with van der Waals surface area (Å²) in [4.78, 5) is 43.8. The molecule has 1 aromatic heterocycles. The summed E-state index contributed by atoms with van der Waals surface area (Å²) in [5.41, 5.74) is 1.37. The lowest BCUT2D eigenvalue weighted by Crippen LogP contribution is -2.45. The SMILES string of the molecule is CNC(=O)OCCN(Cc1ncccc1C(F)(F)F)C(=O)CNc1cccc2c1CCN(C(=O)NC(C)C)C2. The van der Waals surface area contributed by atoms with Gasteiger partial charge in [0, 0.05) is 38.1 Å². The number of rotatable bonds is 9. The topological polar surface area (TPSA) is 116 Å². The summed E-state index contributed by atoms with van der Waals surface area (Å²) in [5.74, 6) is -0.499. The van der Waals surface area contributed by atoms with Crippen molar-refractivity contribution in [3.8, 4) is 0 Å². The minimum atomic E-state index is -4.64. The van der Waals surface area contributed by atoms with E-state index in [1.54, 1.807) is 4.90 Å². The van der Waals surface area contributed by atoms with E-state index in [2.05, 4.69) is 20.9 Å². The number of hydrogen-bond donors (Lipinski definition) is 3. The van der Waals surface area contributed by atoms with Crippen molar-refractivity contribution in [2.45, 2.75) is 45.6 Å². The summed E-state index contributed by atoms with van der Waals surface area (Å²) in [7, 11) is 1.37. The molecule has 13 heteroatoms. The quantitative estimate of drug-likeness (QED) is 0.441. The summed E-state index contributed by atoms with van der Waals surface area (Å²) in [6.45, 7) is 3.73. The molecule has 0 bridgehead atoms. The second-order valence-corrected chi connectivity index (χ2v) is 9.27. The smallest absolute Gasteiger partial charge is 0.418 e. The minimum absolute atomic E-state index is 0.0147. The van der Waals surface area contributed by atoms with Crippen LogP contribution in [0.15, 0.2) is 36.5 Å². The third kappa shape index (κ3) is 8.23. The molecule has 1 aromatic carbocycles. The molecule has 2 aromatic rings. The molecule has 0 saturated heterocycles. The number of benzene rings is 1. The van der Waals surface area contributed by atoms with Crippen LogP contribution in [0.25, 0.3) is 0 Å². The maximum atomic E-state index is 13.5. The Labute approximate surface area is 224 Å². The van der Waals surface area contributed by atoms with Crippen LogP contribution in [-0.4, -0.2) is 72.1 Å². The predicted molar refractivity (Wildman–Crippen MR) is 138 cm³/mol. The highest BCUT2D eigenvalue weighted by molar-refractivity contribution is 5.81. The van der Waals surface area contributed by atoms with Crippen LogP contribution in [-0.2, 0) is 35.2 Å². The molecular weight excluding hydrogens is 517 g/mol. The first-order valence-corrected chi connectivity index (χ1v) is 12.5. The van der Waals surface area contributed by atoms with E-state index in [-0.39, 0.29) is 37.5 Å². The van der Waals surface area contributed by atoms with Crippen molar-refractivity contribution in [3.05, 3.63) is 58.9 Å². The molecule has 212 valence electrons. The van der Waals surface area contributed by atoms with Gasteiger partial charge in [-0.15, -0.1) is 0 Å². The largest absolute Gasteiger partial charge is 0.448 e. The summed E-state index contributed by atoms with van der Waals surface area (Å²) >= 11 is 0. The zero-order valence-corrected chi connectivity index (χ0v) is 22.1. The van der Waals surface area contributed by atoms with E-state index >= 15 is 0 Å². The van der Waals surface area contributed by atoms with Crippen LogP contribution in [0, 0.1) is 0 Å². The third-order valence-corrected chi connectivity index (χ3v) is 6.08. The van der Waals surface area contributed by atoms with Crippen molar-refractivity contribution in [2.75, 3.05) is 38.6 Å². The van der Waals surface area contributed by atoms with Crippen LogP contribution >= 0.6 is 0 Å². The number of nitrogens with one attached hydrogen (secondary N) is 3. The van der Waals surface area contributed by atoms with Gasteiger partial charge in [-0.1, -0.05) is 12.1 Å². The molecular formula is C26H33F3N6O4. The van der Waals surface area contributed by atoms with Gasteiger partial charge in [0.1, 0.15) is 6.61 Å². The second-order valence-electron chi connectivity index (χ2n) is 9.27. The van der Waals surface area contributed by atoms with Crippen LogP contribution in [0.4, 0.5) is 28.4 Å². The van der Waals surface area contributed by atoms with Gasteiger partial charge >= 0.3 is 18.3 Å². The number of amides is 4. The number of hydrogen-bond acceptors (Lipinski definition) is 6. The molecule has 0 radical (unpaired) electrons. The van der Waals surface area contributed by atoms with Gasteiger partial charge in [-0.05, 0) is 49.6 Å². The molecule has 0 unspecified atom stereocenters. The van der Waals surface area contributed by atoms with Crippen molar-refractivity contribution in [3.63, 3.8) is 0 Å². The Bertz CT molecular complexity index is 1170. The van der Waals surface area contributed by atoms with Crippen LogP contribution in [0.5, 0.6) is 0 Å². The maximum Gasteiger partial charge on any atom is 0.418 e.